The predicted octanol–water partition coefficient (Wildman–Crippen LogP) is 1.67. The molecule has 0 saturated heterocycles. The second-order valence-electron chi connectivity index (χ2n) is 5.23. The van der Waals surface area contributed by atoms with E-state index in [2.05, 4.69) is 0 Å². The molecule has 3 heteroatoms. The topological polar surface area (TPSA) is 29.5 Å². The fourth-order valence-corrected chi connectivity index (χ4v) is 1.40. The molecule has 0 unspecified atom stereocenters. The summed E-state index contributed by atoms with van der Waals surface area (Å²) in [6.45, 7) is 7.12. The summed E-state index contributed by atoms with van der Waals surface area (Å²) < 4.78 is 5.23. The Balaban J connectivity index is 2.18. The average Bonchev–Trinajstić information content (AvgIpc) is 2.64. The van der Waals surface area contributed by atoms with Crippen LogP contribution in [0.15, 0.2) is 0 Å². The van der Waals surface area contributed by atoms with Crippen molar-refractivity contribution in [3.63, 3.8) is 0 Å². The molecule has 0 heterocycles. The van der Waals surface area contributed by atoms with E-state index >= 15 is 0 Å². The molecule has 0 aromatic heterocycles. The third-order valence-electron chi connectivity index (χ3n) is 2.09. The standard InChI is InChI=1S/C11H21NO2/c1-11(2,3)14-10(13)8-12(4)7-9-5-6-9/h9H,5-8H2,1-4H3. The molecule has 1 rings (SSSR count). The van der Waals surface area contributed by atoms with Crippen LogP contribution in [-0.4, -0.2) is 36.6 Å². The van der Waals surface area contributed by atoms with Crippen LogP contribution in [0.5, 0.6) is 0 Å². The molecule has 1 aliphatic rings. The molecule has 14 heavy (non-hydrogen) atoms. The number of esters is 1. The van der Waals surface area contributed by atoms with E-state index in [1.165, 1.54) is 12.8 Å². The van der Waals surface area contributed by atoms with E-state index < -0.39 is 0 Å². The highest BCUT2D eigenvalue weighted by Gasteiger charge is 2.24. The molecular formula is C11H21NO2. The first-order valence-electron chi connectivity index (χ1n) is 5.27. The minimum absolute atomic E-state index is 0.124. The van der Waals surface area contributed by atoms with Gasteiger partial charge in [0, 0.05) is 6.54 Å². The van der Waals surface area contributed by atoms with Crippen LogP contribution in [0.2, 0.25) is 0 Å². The van der Waals surface area contributed by atoms with Crippen LogP contribution < -0.4 is 0 Å². The highest BCUT2D eigenvalue weighted by molar-refractivity contribution is 5.72. The van der Waals surface area contributed by atoms with Crippen LogP contribution in [0.4, 0.5) is 0 Å². The molecule has 0 aromatic carbocycles. The van der Waals surface area contributed by atoms with Crippen LogP contribution >= 0.6 is 0 Å². The number of hydrogen-bond acceptors (Lipinski definition) is 3. The number of carbonyl (C=O) groups is 1. The van der Waals surface area contributed by atoms with Crippen molar-refractivity contribution < 1.29 is 9.53 Å². The summed E-state index contributed by atoms with van der Waals surface area (Å²) in [5, 5.41) is 0. The third kappa shape index (κ3) is 5.22. The molecule has 0 atom stereocenters. The molecule has 1 aliphatic carbocycles. The van der Waals surface area contributed by atoms with Gasteiger partial charge in [0.2, 0.25) is 0 Å². The Morgan fingerprint density at radius 2 is 2.00 bits per heavy atom. The highest BCUT2D eigenvalue weighted by Crippen LogP contribution is 2.29. The lowest BCUT2D eigenvalue weighted by Gasteiger charge is -2.22. The van der Waals surface area contributed by atoms with Gasteiger partial charge in [0.15, 0.2) is 0 Å². The number of likely N-dealkylation sites (N-methyl/N-ethyl adjacent to an activating group) is 1. The molecule has 1 fully saturated rings. The Morgan fingerprint density at radius 1 is 1.43 bits per heavy atom. The van der Waals surface area contributed by atoms with E-state index in [1.54, 1.807) is 0 Å². The van der Waals surface area contributed by atoms with Crippen molar-refractivity contribution in [2.24, 2.45) is 5.92 Å². The van der Waals surface area contributed by atoms with Gasteiger partial charge in [-0.3, -0.25) is 9.69 Å². The number of ether oxygens (including phenoxy) is 1. The second-order valence-corrected chi connectivity index (χ2v) is 5.23. The summed E-state index contributed by atoms with van der Waals surface area (Å²) in [7, 11) is 1.97. The van der Waals surface area contributed by atoms with Gasteiger partial charge >= 0.3 is 5.97 Å². The predicted molar refractivity (Wildman–Crippen MR) is 56.1 cm³/mol. The van der Waals surface area contributed by atoms with Crippen LogP contribution in [0, 0.1) is 5.92 Å². The Bertz CT molecular complexity index is 204. The maximum atomic E-state index is 11.4. The van der Waals surface area contributed by atoms with Gasteiger partial charge in [0.05, 0.1) is 6.54 Å². The van der Waals surface area contributed by atoms with Gasteiger partial charge in [0.1, 0.15) is 5.60 Å². The number of rotatable bonds is 4. The van der Waals surface area contributed by atoms with Gasteiger partial charge in [-0.2, -0.15) is 0 Å². The summed E-state index contributed by atoms with van der Waals surface area (Å²) in [6, 6.07) is 0. The highest BCUT2D eigenvalue weighted by atomic mass is 16.6. The molecule has 0 amide bonds. The Morgan fingerprint density at radius 3 is 2.43 bits per heavy atom. The smallest absolute Gasteiger partial charge is 0.320 e. The van der Waals surface area contributed by atoms with E-state index in [-0.39, 0.29) is 11.6 Å². The fourth-order valence-electron chi connectivity index (χ4n) is 1.40. The van der Waals surface area contributed by atoms with Crippen molar-refractivity contribution in [3.05, 3.63) is 0 Å². The monoisotopic (exact) mass is 199 g/mol. The van der Waals surface area contributed by atoms with Crippen molar-refractivity contribution in [1.29, 1.82) is 0 Å². The van der Waals surface area contributed by atoms with E-state index in [9.17, 15) is 4.79 Å². The molecule has 82 valence electrons. The van der Waals surface area contributed by atoms with E-state index in [4.69, 9.17) is 4.74 Å². The lowest BCUT2D eigenvalue weighted by molar-refractivity contribution is -0.155. The zero-order chi connectivity index (χ0) is 10.8. The first-order chi connectivity index (χ1) is 6.37. The Labute approximate surface area is 86.4 Å². The molecule has 0 aliphatic heterocycles. The third-order valence-corrected chi connectivity index (χ3v) is 2.09. The van der Waals surface area contributed by atoms with Gasteiger partial charge in [-0.25, -0.2) is 0 Å². The summed E-state index contributed by atoms with van der Waals surface area (Å²) in [6.07, 6.45) is 2.64. The zero-order valence-electron chi connectivity index (χ0n) is 9.67. The van der Waals surface area contributed by atoms with Crippen molar-refractivity contribution in [2.45, 2.75) is 39.2 Å². The molecule has 0 radical (unpaired) electrons. The normalized spacial score (nSPS) is 17.2. The lowest BCUT2D eigenvalue weighted by Crippen LogP contribution is -2.33. The van der Waals surface area contributed by atoms with Gasteiger partial charge < -0.3 is 4.74 Å². The number of hydrogen-bond donors (Lipinski definition) is 0. The fraction of sp³-hybridized carbons (Fsp3) is 0.909. The molecule has 0 N–H and O–H groups in total. The maximum absolute atomic E-state index is 11.4. The molecule has 0 spiro atoms. The quantitative estimate of drug-likeness (QED) is 0.645. The molecular weight excluding hydrogens is 178 g/mol. The van der Waals surface area contributed by atoms with Crippen molar-refractivity contribution >= 4 is 5.97 Å². The SMILES string of the molecule is CN(CC(=O)OC(C)(C)C)CC1CC1. The molecule has 1 saturated carbocycles. The van der Waals surface area contributed by atoms with Crippen LogP contribution in [0.25, 0.3) is 0 Å². The average molecular weight is 199 g/mol. The Kier molecular flexibility index (Phi) is 3.53. The Hall–Kier alpha value is -0.570. The number of carbonyl (C=O) groups excluding carboxylic acids is 1. The van der Waals surface area contributed by atoms with Crippen LogP contribution in [0.1, 0.15) is 33.6 Å². The van der Waals surface area contributed by atoms with Gasteiger partial charge in [-0.15, -0.1) is 0 Å². The zero-order valence-corrected chi connectivity index (χ0v) is 9.67. The van der Waals surface area contributed by atoms with Gasteiger partial charge in [-0.1, -0.05) is 0 Å². The van der Waals surface area contributed by atoms with Gasteiger partial charge in [-0.05, 0) is 46.6 Å². The van der Waals surface area contributed by atoms with Crippen molar-refractivity contribution in [2.75, 3.05) is 20.1 Å². The molecule has 0 bridgehead atoms. The molecule has 3 nitrogen and oxygen atoms in total. The summed E-state index contributed by atoms with van der Waals surface area (Å²) in [5.41, 5.74) is -0.364. The van der Waals surface area contributed by atoms with Crippen molar-refractivity contribution in [3.8, 4) is 0 Å². The van der Waals surface area contributed by atoms with Crippen LogP contribution in [0.3, 0.4) is 0 Å². The van der Waals surface area contributed by atoms with E-state index in [0.29, 0.717) is 6.54 Å². The van der Waals surface area contributed by atoms with E-state index in [0.717, 1.165) is 12.5 Å². The summed E-state index contributed by atoms with van der Waals surface area (Å²) in [4.78, 5) is 13.5. The lowest BCUT2D eigenvalue weighted by atomic mass is 10.2. The molecule has 0 aromatic rings. The minimum Gasteiger partial charge on any atom is -0.459 e. The van der Waals surface area contributed by atoms with Gasteiger partial charge in [0.25, 0.3) is 0 Å². The maximum Gasteiger partial charge on any atom is 0.320 e. The summed E-state index contributed by atoms with van der Waals surface area (Å²) >= 11 is 0. The second kappa shape index (κ2) is 4.30. The van der Waals surface area contributed by atoms with Crippen molar-refractivity contribution in [1.82, 2.24) is 4.90 Å². The first kappa shape index (κ1) is 11.5. The summed E-state index contributed by atoms with van der Waals surface area (Å²) in [5.74, 6) is 0.697. The largest absolute Gasteiger partial charge is 0.459 e. The first-order valence-corrected chi connectivity index (χ1v) is 5.27. The number of nitrogens with zero attached hydrogens (tertiary/aromatic N) is 1. The minimum atomic E-state index is -0.364. The van der Waals surface area contributed by atoms with E-state index in [1.807, 2.05) is 32.7 Å². The van der Waals surface area contributed by atoms with Crippen LogP contribution in [-0.2, 0) is 9.53 Å².